The van der Waals surface area contributed by atoms with Crippen molar-refractivity contribution in [1.29, 1.82) is 0 Å². The van der Waals surface area contributed by atoms with Crippen molar-refractivity contribution in [2.24, 2.45) is 5.92 Å². The number of ether oxygens (including phenoxy) is 1. The van der Waals surface area contributed by atoms with Crippen molar-refractivity contribution in [3.63, 3.8) is 0 Å². The Balaban J connectivity index is 1.75. The van der Waals surface area contributed by atoms with E-state index >= 15 is 0 Å². The van der Waals surface area contributed by atoms with Crippen LogP contribution in [0.2, 0.25) is 18.1 Å². The summed E-state index contributed by atoms with van der Waals surface area (Å²) in [6, 6.07) is 1.58. The van der Waals surface area contributed by atoms with Gasteiger partial charge in [-0.15, -0.1) is 0 Å². The summed E-state index contributed by atoms with van der Waals surface area (Å²) in [4.78, 5) is 16.3. The molecule has 1 aliphatic carbocycles. The standard InChI is InChI=1S/C25H44N3O5PS2Si/c1-16(2)17-9-11-25(6,35)20(13-17)33-34(36)32-18-14-22(28-12-10-21(26)27-23(28)29)31-19(18)15-30-37(7,8)24(3,4)5/h10,12,17-20,22,34-35H,1,9,11,13-15H2,2-8H3,(H2,26,27,29)/t17-,18+,19-,20+,22-,25+/m1/s1. The van der Waals surface area contributed by atoms with E-state index in [1.165, 1.54) is 4.57 Å². The van der Waals surface area contributed by atoms with Crippen LogP contribution in [0.15, 0.2) is 29.2 Å². The quantitative estimate of drug-likeness (QED) is 0.169. The normalized spacial score (nSPS) is 31.8. The summed E-state index contributed by atoms with van der Waals surface area (Å²) in [6.45, 7) is 19.6. The number of nitrogen functional groups attached to an aromatic ring is 1. The number of anilines is 1. The highest BCUT2D eigenvalue weighted by Gasteiger charge is 2.44. The van der Waals surface area contributed by atoms with Crippen LogP contribution in [0.3, 0.4) is 0 Å². The summed E-state index contributed by atoms with van der Waals surface area (Å²) in [6.07, 6.45) is 3.39. The first-order valence-electron chi connectivity index (χ1n) is 12.9. The largest absolute Gasteiger partial charge is 0.414 e. The summed E-state index contributed by atoms with van der Waals surface area (Å²) in [5, 5.41) is 0.0487. The van der Waals surface area contributed by atoms with Crippen LogP contribution in [0.1, 0.15) is 66.5 Å². The number of rotatable bonds is 9. The third-order valence-electron chi connectivity index (χ3n) is 8.13. The van der Waals surface area contributed by atoms with Crippen molar-refractivity contribution in [1.82, 2.24) is 9.55 Å². The van der Waals surface area contributed by atoms with E-state index in [1.807, 2.05) is 0 Å². The van der Waals surface area contributed by atoms with Crippen molar-refractivity contribution in [3.8, 4) is 0 Å². The summed E-state index contributed by atoms with van der Waals surface area (Å²) in [5.74, 6) is 0.564. The lowest BCUT2D eigenvalue weighted by Gasteiger charge is -2.41. The molecule has 210 valence electrons. The lowest BCUT2D eigenvalue weighted by atomic mass is 9.77. The Morgan fingerprint density at radius 2 is 2.08 bits per heavy atom. The van der Waals surface area contributed by atoms with Crippen LogP contribution in [0.5, 0.6) is 0 Å². The summed E-state index contributed by atoms with van der Waals surface area (Å²) in [5.41, 5.74) is 6.38. The Morgan fingerprint density at radius 3 is 2.68 bits per heavy atom. The molecule has 1 aliphatic heterocycles. The molecule has 12 heteroatoms. The third-order valence-corrected chi connectivity index (χ3v) is 14.7. The van der Waals surface area contributed by atoms with E-state index in [0.29, 0.717) is 18.9 Å². The predicted molar refractivity (Wildman–Crippen MR) is 160 cm³/mol. The molecule has 0 amide bonds. The summed E-state index contributed by atoms with van der Waals surface area (Å²) < 4.78 is 26.7. The lowest BCUT2D eigenvalue weighted by molar-refractivity contribution is -0.0400. The molecular weight excluding hydrogens is 545 g/mol. The number of nitrogens with zero attached hydrogens (tertiary/aromatic N) is 2. The predicted octanol–water partition coefficient (Wildman–Crippen LogP) is 5.48. The van der Waals surface area contributed by atoms with Gasteiger partial charge in [-0.3, -0.25) is 4.57 Å². The van der Waals surface area contributed by atoms with Crippen molar-refractivity contribution in [3.05, 3.63) is 34.9 Å². The van der Waals surface area contributed by atoms with Crippen molar-refractivity contribution >= 4 is 45.7 Å². The molecule has 1 saturated carbocycles. The Morgan fingerprint density at radius 1 is 1.41 bits per heavy atom. The Kier molecular flexibility index (Phi) is 9.99. The summed E-state index contributed by atoms with van der Waals surface area (Å²) >= 11 is 10.6. The van der Waals surface area contributed by atoms with E-state index in [2.05, 4.69) is 59.3 Å². The molecule has 1 aromatic rings. The molecule has 0 bridgehead atoms. The topological polar surface area (TPSA) is 97.8 Å². The van der Waals surface area contributed by atoms with Gasteiger partial charge in [0.05, 0.1) is 18.8 Å². The van der Waals surface area contributed by atoms with Gasteiger partial charge in [-0.25, -0.2) is 4.79 Å². The molecule has 0 spiro atoms. The number of hydrogen-bond acceptors (Lipinski definition) is 9. The van der Waals surface area contributed by atoms with Crippen LogP contribution in [-0.4, -0.2) is 47.5 Å². The molecule has 2 heterocycles. The van der Waals surface area contributed by atoms with Crippen LogP contribution in [0.25, 0.3) is 0 Å². The second-order valence-corrected chi connectivity index (χ2v) is 20.0. The minimum absolute atomic E-state index is 0.0487. The molecule has 7 atom stereocenters. The molecule has 2 fully saturated rings. The van der Waals surface area contributed by atoms with E-state index in [-0.39, 0.29) is 27.8 Å². The van der Waals surface area contributed by atoms with Gasteiger partial charge in [0.2, 0.25) is 0 Å². The molecule has 1 unspecified atom stereocenters. The highest BCUT2D eigenvalue weighted by atomic mass is 32.4. The minimum atomic E-state index is -2.07. The zero-order valence-electron chi connectivity index (χ0n) is 23.2. The Bertz CT molecular complexity index is 1060. The zero-order chi connectivity index (χ0) is 27.8. The fourth-order valence-corrected chi connectivity index (χ4v) is 7.70. The molecule has 0 aromatic carbocycles. The smallest absolute Gasteiger partial charge is 0.351 e. The van der Waals surface area contributed by atoms with Crippen LogP contribution < -0.4 is 11.4 Å². The van der Waals surface area contributed by atoms with Crippen molar-refractivity contribution in [2.45, 2.75) is 108 Å². The second kappa shape index (κ2) is 11.9. The van der Waals surface area contributed by atoms with E-state index < -0.39 is 33.5 Å². The number of thiol groups is 1. The highest BCUT2D eigenvalue weighted by Crippen LogP contribution is 2.46. The van der Waals surface area contributed by atoms with E-state index in [0.717, 1.165) is 24.8 Å². The van der Waals surface area contributed by atoms with Gasteiger partial charge >= 0.3 is 5.69 Å². The van der Waals surface area contributed by atoms with Gasteiger partial charge in [-0.1, -0.05) is 32.9 Å². The van der Waals surface area contributed by atoms with Gasteiger partial charge in [-0.05, 0) is 75.0 Å². The monoisotopic (exact) mass is 589 g/mol. The number of nitrogens with two attached hydrogens (primary N) is 1. The van der Waals surface area contributed by atoms with Crippen LogP contribution in [-0.2, 0) is 30.0 Å². The molecule has 37 heavy (non-hydrogen) atoms. The first kappa shape index (κ1) is 31.0. The maximum atomic E-state index is 12.5. The maximum Gasteiger partial charge on any atom is 0.351 e. The van der Waals surface area contributed by atoms with Gasteiger partial charge in [0, 0.05) is 17.4 Å². The first-order valence-corrected chi connectivity index (χ1v) is 18.7. The highest BCUT2D eigenvalue weighted by molar-refractivity contribution is 8.00. The maximum absolute atomic E-state index is 12.5. The van der Waals surface area contributed by atoms with Gasteiger partial charge in [-0.2, -0.15) is 17.6 Å². The average molecular weight is 590 g/mol. The zero-order valence-corrected chi connectivity index (χ0v) is 26.9. The molecule has 0 radical (unpaired) electrons. The van der Waals surface area contributed by atoms with Gasteiger partial charge in [0.1, 0.15) is 18.1 Å². The van der Waals surface area contributed by atoms with Gasteiger partial charge < -0.3 is 23.9 Å². The molecule has 2 aliphatic rings. The lowest BCUT2D eigenvalue weighted by Crippen LogP contribution is -2.44. The molecule has 1 saturated heterocycles. The van der Waals surface area contributed by atoms with E-state index in [4.69, 9.17) is 48.4 Å². The van der Waals surface area contributed by atoms with Gasteiger partial charge in [0.25, 0.3) is 0 Å². The Labute approximate surface area is 233 Å². The van der Waals surface area contributed by atoms with Crippen LogP contribution >= 0.6 is 19.8 Å². The SMILES string of the molecule is C=C(C)[C@@H]1CC[C@](C)(S)[C@@H](O[PH](=S)O[C@H]2C[C@H](n3ccc(N)nc3=O)O[C@@H]2CO[Si](C)(C)C(C)(C)C)C1. The number of hydrogen-bond donors (Lipinski definition) is 2. The third kappa shape index (κ3) is 7.78. The Hall–Kier alpha value is -0.523. The fraction of sp³-hybridized carbons (Fsp3) is 0.760. The average Bonchev–Trinajstić information content (AvgIpc) is 3.14. The molecule has 2 N–H and O–H groups in total. The molecule has 8 nitrogen and oxygen atoms in total. The van der Waals surface area contributed by atoms with E-state index in [9.17, 15) is 4.79 Å². The number of allylic oxidation sites excluding steroid dienone is 1. The fourth-order valence-electron chi connectivity index (χ4n) is 4.44. The van der Waals surface area contributed by atoms with E-state index in [1.54, 1.807) is 12.3 Å². The summed E-state index contributed by atoms with van der Waals surface area (Å²) in [7, 11) is -4.10. The van der Waals surface area contributed by atoms with Crippen molar-refractivity contribution in [2.75, 3.05) is 12.3 Å². The molecular formula is C25H44N3O5PS2Si. The van der Waals surface area contributed by atoms with Crippen LogP contribution in [0, 0.1) is 5.92 Å². The minimum Gasteiger partial charge on any atom is -0.414 e. The molecule has 3 rings (SSSR count). The second-order valence-electron chi connectivity index (χ2n) is 12.2. The van der Waals surface area contributed by atoms with Gasteiger partial charge in [0.15, 0.2) is 15.5 Å². The van der Waals surface area contributed by atoms with Crippen LogP contribution in [0.4, 0.5) is 5.82 Å². The van der Waals surface area contributed by atoms with Crippen molar-refractivity contribution < 1.29 is 18.2 Å². The molecule has 1 aromatic heterocycles. The number of aromatic nitrogens is 2. The first-order chi connectivity index (χ1) is 17.0.